The zero-order chi connectivity index (χ0) is 16.1. The molecule has 22 heavy (non-hydrogen) atoms. The van der Waals surface area contributed by atoms with Gasteiger partial charge < -0.3 is 15.8 Å². The summed E-state index contributed by atoms with van der Waals surface area (Å²) in [6.07, 6.45) is 1.46. The molecular weight excluding hydrogens is 280 g/mol. The van der Waals surface area contributed by atoms with Crippen LogP contribution in [0, 0.1) is 5.92 Å². The topological polar surface area (TPSA) is 90.1 Å². The summed E-state index contributed by atoms with van der Waals surface area (Å²) in [5, 5.41) is 2.80. The molecule has 3 N–H and O–H groups in total. The zero-order valence-electron chi connectivity index (χ0n) is 13.0. The second kappa shape index (κ2) is 6.89. The van der Waals surface area contributed by atoms with Gasteiger partial charge in [-0.05, 0) is 30.2 Å². The maximum Gasteiger partial charge on any atom is 0.256 e. The number of nitrogens with two attached hydrogens (primary N) is 1. The highest BCUT2D eigenvalue weighted by molar-refractivity contribution is 5.98. The Labute approximate surface area is 129 Å². The fourth-order valence-corrected chi connectivity index (χ4v) is 1.84. The molecule has 0 spiro atoms. The van der Waals surface area contributed by atoms with Gasteiger partial charge in [-0.25, -0.2) is 9.97 Å². The Hall–Kier alpha value is -2.63. The fourth-order valence-electron chi connectivity index (χ4n) is 1.84. The minimum Gasteiger partial charge on any atom is -0.497 e. The van der Waals surface area contributed by atoms with Crippen LogP contribution in [0.1, 0.15) is 24.2 Å². The molecular formula is C16H20N4O2. The number of rotatable bonds is 5. The molecule has 2 rings (SSSR count). The van der Waals surface area contributed by atoms with Gasteiger partial charge in [-0.15, -0.1) is 0 Å². The van der Waals surface area contributed by atoms with Gasteiger partial charge >= 0.3 is 0 Å². The second-order valence-corrected chi connectivity index (χ2v) is 5.32. The first-order valence-corrected chi connectivity index (χ1v) is 7.06. The molecule has 0 aliphatic heterocycles. The highest BCUT2D eigenvalue weighted by Crippen LogP contribution is 2.20. The number of hydrogen-bond acceptors (Lipinski definition) is 5. The molecule has 1 aromatic heterocycles. The van der Waals surface area contributed by atoms with E-state index in [9.17, 15) is 4.79 Å². The molecule has 6 heteroatoms. The van der Waals surface area contributed by atoms with E-state index in [1.807, 2.05) is 38.1 Å². The molecule has 0 saturated carbocycles. The Morgan fingerprint density at radius 2 is 2.00 bits per heavy atom. The van der Waals surface area contributed by atoms with Gasteiger partial charge in [0.2, 0.25) is 0 Å². The predicted molar refractivity (Wildman–Crippen MR) is 85.6 cm³/mol. The first kappa shape index (κ1) is 15.8. The van der Waals surface area contributed by atoms with Crippen molar-refractivity contribution in [3.05, 3.63) is 36.0 Å². The summed E-state index contributed by atoms with van der Waals surface area (Å²) in [7, 11) is 1.61. The summed E-state index contributed by atoms with van der Waals surface area (Å²) in [6.45, 7) is 4.62. The van der Waals surface area contributed by atoms with E-state index < -0.39 is 0 Å². The number of nitrogens with one attached hydrogen (secondary N) is 1. The number of nitrogen functional groups attached to an aromatic ring is 1. The van der Waals surface area contributed by atoms with Crippen molar-refractivity contribution in [2.75, 3.05) is 19.4 Å². The van der Waals surface area contributed by atoms with E-state index >= 15 is 0 Å². The SMILES string of the molecule is COc1ccc(-c2ncc(C(=O)NCC(C)C)c(N)n2)cc1. The van der Waals surface area contributed by atoms with E-state index in [0.717, 1.165) is 11.3 Å². The Kier molecular flexibility index (Phi) is 4.93. The van der Waals surface area contributed by atoms with E-state index in [1.165, 1.54) is 6.20 Å². The lowest BCUT2D eigenvalue weighted by atomic mass is 10.2. The molecule has 1 heterocycles. The molecule has 0 aliphatic rings. The predicted octanol–water partition coefficient (Wildman–Crippen LogP) is 2.12. The molecule has 6 nitrogen and oxygen atoms in total. The smallest absolute Gasteiger partial charge is 0.256 e. The summed E-state index contributed by atoms with van der Waals surface area (Å²) in [4.78, 5) is 20.4. The highest BCUT2D eigenvalue weighted by atomic mass is 16.5. The number of nitrogens with zero attached hydrogens (tertiary/aromatic N) is 2. The molecule has 0 radical (unpaired) electrons. The lowest BCUT2D eigenvalue weighted by Crippen LogP contribution is -2.28. The summed E-state index contributed by atoms with van der Waals surface area (Å²) in [6, 6.07) is 7.31. The monoisotopic (exact) mass is 300 g/mol. The Morgan fingerprint density at radius 3 is 2.55 bits per heavy atom. The van der Waals surface area contributed by atoms with Crippen molar-refractivity contribution >= 4 is 11.7 Å². The van der Waals surface area contributed by atoms with E-state index in [-0.39, 0.29) is 17.3 Å². The normalized spacial score (nSPS) is 10.5. The average Bonchev–Trinajstić information content (AvgIpc) is 2.52. The number of hydrogen-bond donors (Lipinski definition) is 2. The first-order valence-electron chi connectivity index (χ1n) is 7.06. The Bertz CT molecular complexity index is 654. The molecule has 116 valence electrons. The molecule has 0 fully saturated rings. The fraction of sp³-hybridized carbons (Fsp3) is 0.312. The number of ether oxygens (including phenoxy) is 1. The van der Waals surface area contributed by atoms with E-state index in [4.69, 9.17) is 10.5 Å². The van der Waals surface area contributed by atoms with Gasteiger partial charge in [0.15, 0.2) is 5.82 Å². The van der Waals surface area contributed by atoms with Crippen LogP contribution >= 0.6 is 0 Å². The van der Waals surface area contributed by atoms with Crippen molar-refractivity contribution in [3.8, 4) is 17.1 Å². The van der Waals surface area contributed by atoms with E-state index in [0.29, 0.717) is 18.3 Å². The Balaban J connectivity index is 2.19. The standard InChI is InChI=1S/C16H20N4O2/c1-10(2)8-19-16(21)13-9-18-15(20-14(13)17)11-4-6-12(22-3)7-5-11/h4-7,9-10H,8H2,1-3H3,(H,19,21)(H2,17,18,20). The third-order valence-corrected chi connectivity index (χ3v) is 3.08. The number of carbonyl (C=O) groups is 1. The number of benzene rings is 1. The largest absolute Gasteiger partial charge is 0.497 e. The molecule has 0 bridgehead atoms. The number of carbonyl (C=O) groups excluding carboxylic acids is 1. The van der Waals surface area contributed by atoms with E-state index in [2.05, 4.69) is 15.3 Å². The minimum atomic E-state index is -0.257. The Morgan fingerprint density at radius 1 is 1.32 bits per heavy atom. The maximum atomic E-state index is 12.0. The van der Waals surface area contributed by atoms with Gasteiger partial charge in [-0.2, -0.15) is 0 Å². The average molecular weight is 300 g/mol. The number of aromatic nitrogens is 2. The molecule has 0 saturated heterocycles. The molecule has 1 aromatic carbocycles. The van der Waals surface area contributed by atoms with Crippen molar-refractivity contribution in [3.63, 3.8) is 0 Å². The maximum absolute atomic E-state index is 12.0. The third kappa shape index (κ3) is 3.72. The van der Waals surface area contributed by atoms with Gasteiger partial charge in [0, 0.05) is 18.3 Å². The second-order valence-electron chi connectivity index (χ2n) is 5.32. The first-order chi connectivity index (χ1) is 10.5. The number of methoxy groups -OCH3 is 1. The zero-order valence-corrected chi connectivity index (χ0v) is 13.0. The quantitative estimate of drug-likeness (QED) is 0.882. The van der Waals surface area contributed by atoms with Crippen LogP contribution in [0.15, 0.2) is 30.5 Å². The van der Waals surface area contributed by atoms with Gasteiger partial charge in [0.05, 0.1) is 12.7 Å². The van der Waals surface area contributed by atoms with Crippen LogP contribution in [-0.4, -0.2) is 29.5 Å². The van der Waals surface area contributed by atoms with Crippen LogP contribution in [-0.2, 0) is 0 Å². The van der Waals surface area contributed by atoms with Crippen LogP contribution in [0.4, 0.5) is 5.82 Å². The van der Waals surface area contributed by atoms with Crippen LogP contribution in [0.5, 0.6) is 5.75 Å². The molecule has 0 aliphatic carbocycles. The van der Waals surface area contributed by atoms with Gasteiger partial charge in [0.1, 0.15) is 11.6 Å². The van der Waals surface area contributed by atoms with Crippen LogP contribution in [0.2, 0.25) is 0 Å². The lowest BCUT2D eigenvalue weighted by molar-refractivity contribution is 0.0949. The van der Waals surface area contributed by atoms with E-state index in [1.54, 1.807) is 7.11 Å². The van der Waals surface area contributed by atoms with Crippen LogP contribution < -0.4 is 15.8 Å². The van der Waals surface area contributed by atoms with Crippen molar-refractivity contribution < 1.29 is 9.53 Å². The number of amides is 1. The van der Waals surface area contributed by atoms with Crippen LogP contribution in [0.3, 0.4) is 0 Å². The van der Waals surface area contributed by atoms with Crippen LogP contribution in [0.25, 0.3) is 11.4 Å². The van der Waals surface area contributed by atoms with Crippen molar-refractivity contribution in [2.45, 2.75) is 13.8 Å². The summed E-state index contributed by atoms with van der Waals surface area (Å²) >= 11 is 0. The van der Waals surface area contributed by atoms with Crippen molar-refractivity contribution in [1.29, 1.82) is 0 Å². The minimum absolute atomic E-state index is 0.169. The summed E-state index contributed by atoms with van der Waals surface area (Å²) in [5.74, 6) is 1.50. The molecule has 1 amide bonds. The van der Waals surface area contributed by atoms with Gasteiger partial charge in [-0.3, -0.25) is 4.79 Å². The lowest BCUT2D eigenvalue weighted by Gasteiger charge is -2.09. The van der Waals surface area contributed by atoms with Crippen molar-refractivity contribution in [2.24, 2.45) is 5.92 Å². The number of anilines is 1. The molecule has 0 atom stereocenters. The summed E-state index contributed by atoms with van der Waals surface area (Å²) in [5.41, 5.74) is 6.98. The molecule has 2 aromatic rings. The third-order valence-electron chi connectivity index (χ3n) is 3.08. The highest BCUT2D eigenvalue weighted by Gasteiger charge is 2.13. The molecule has 0 unspecified atom stereocenters. The van der Waals surface area contributed by atoms with Gasteiger partial charge in [-0.1, -0.05) is 13.8 Å². The van der Waals surface area contributed by atoms with Crippen molar-refractivity contribution in [1.82, 2.24) is 15.3 Å². The summed E-state index contributed by atoms with van der Waals surface area (Å²) < 4.78 is 5.11. The van der Waals surface area contributed by atoms with Gasteiger partial charge in [0.25, 0.3) is 5.91 Å².